The molecule has 1 atom stereocenters. The molecule has 2 heterocycles. The summed E-state index contributed by atoms with van der Waals surface area (Å²) in [4.78, 5) is 0.858. The molecule has 3 aromatic rings. The normalized spacial score (nSPS) is 13.4. The number of ether oxygens (including phenoxy) is 1. The molecule has 0 radical (unpaired) electrons. The molecule has 0 aliphatic rings. The van der Waals surface area contributed by atoms with Crippen molar-refractivity contribution >= 4 is 43.9 Å². The van der Waals surface area contributed by atoms with Crippen LogP contribution in [0.2, 0.25) is 4.34 Å². The zero-order valence-corrected chi connectivity index (χ0v) is 15.1. The van der Waals surface area contributed by atoms with Crippen LogP contribution in [0.5, 0.6) is 0 Å². The predicted octanol–water partition coefficient (Wildman–Crippen LogP) is 3.35. The Hall–Kier alpha value is -1.45. The number of nitrogens with zero attached hydrogens (tertiary/aromatic N) is 1. The van der Waals surface area contributed by atoms with Crippen molar-refractivity contribution in [3.05, 3.63) is 51.3 Å². The summed E-state index contributed by atoms with van der Waals surface area (Å²) < 4.78 is 38.3. The topological polar surface area (TPSA) is 81.4 Å². The molecule has 0 unspecified atom stereocenters. The second-order valence-electron chi connectivity index (χ2n) is 5.10. The number of hydrogen-bond donors (Lipinski definition) is 1. The van der Waals surface area contributed by atoms with Gasteiger partial charge in [0.1, 0.15) is 17.6 Å². The lowest BCUT2D eigenvalue weighted by atomic mass is 10.2. The molecule has 0 aliphatic carbocycles. The molecule has 24 heavy (non-hydrogen) atoms. The molecule has 0 saturated heterocycles. The van der Waals surface area contributed by atoms with Crippen molar-refractivity contribution in [2.45, 2.75) is 11.9 Å². The lowest BCUT2D eigenvalue weighted by molar-refractivity contribution is 0.110. The van der Waals surface area contributed by atoms with E-state index in [0.29, 0.717) is 21.0 Å². The Balaban J connectivity index is 1.69. The fraction of sp³-hybridized carbons (Fsp3) is 0.267. The van der Waals surface area contributed by atoms with E-state index in [-0.39, 0.29) is 12.3 Å². The Labute approximate surface area is 148 Å². The Bertz CT molecular complexity index is 936. The van der Waals surface area contributed by atoms with Gasteiger partial charge in [0, 0.05) is 23.9 Å². The highest BCUT2D eigenvalue weighted by molar-refractivity contribution is 7.88. The largest absolute Gasteiger partial charge is 0.375 e. The zero-order valence-electron chi connectivity index (χ0n) is 12.7. The van der Waals surface area contributed by atoms with Gasteiger partial charge in [-0.15, -0.1) is 11.3 Å². The first-order valence-electron chi connectivity index (χ1n) is 7.07. The van der Waals surface area contributed by atoms with Crippen LogP contribution in [0.25, 0.3) is 11.0 Å². The van der Waals surface area contributed by atoms with Gasteiger partial charge in [-0.05, 0) is 24.3 Å². The smallest absolute Gasteiger partial charge is 0.217 e. The third-order valence-corrected chi connectivity index (χ3v) is 6.05. The lowest BCUT2D eigenvalue weighted by Gasteiger charge is -2.14. The third-order valence-electron chi connectivity index (χ3n) is 3.46. The average molecular weight is 387 g/mol. The minimum absolute atomic E-state index is 0.117. The number of thiophene rings is 1. The van der Waals surface area contributed by atoms with Gasteiger partial charge in [0.05, 0.1) is 4.34 Å². The van der Waals surface area contributed by atoms with E-state index in [1.165, 1.54) is 18.4 Å². The van der Waals surface area contributed by atoms with E-state index in [9.17, 15) is 8.42 Å². The Kier molecular flexibility index (Phi) is 5.21. The molecule has 0 bridgehead atoms. The maximum atomic E-state index is 12.3. The van der Waals surface area contributed by atoms with Crippen LogP contribution in [0.15, 0.2) is 40.9 Å². The maximum absolute atomic E-state index is 12.3. The second kappa shape index (κ2) is 7.20. The summed E-state index contributed by atoms with van der Waals surface area (Å²) in [5, 5.41) is 4.54. The highest BCUT2D eigenvalue weighted by Gasteiger charge is 2.20. The molecule has 2 aromatic heterocycles. The monoisotopic (exact) mass is 386 g/mol. The van der Waals surface area contributed by atoms with Crippen molar-refractivity contribution in [1.29, 1.82) is 0 Å². The summed E-state index contributed by atoms with van der Waals surface area (Å²) in [6.45, 7) is 0.117. The van der Waals surface area contributed by atoms with Crippen LogP contribution < -0.4 is 4.72 Å². The first-order chi connectivity index (χ1) is 11.5. The zero-order chi connectivity index (χ0) is 17.2. The second-order valence-corrected chi connectivity index (χ2v) is 8.65. The van der Waals surface area contributed by atoms with E-state index in [0.717, 1.165) is 4.88 Å². The van der Waals surface area contributed by atoms with Crippen LogP contribution in [0.3, 0.4) is 0 Å². The molecule has 0 saturated carbocycles. The van der Waals surface area contributed by atoms with Crippen LogP contribution >= 0.6 is 22.9 Å². The minimum Gasteiger partial charge on any atom is -0.375 e. The van der Waals surface area contributed by atoms with Crippen LogP contribution in [0, 0.1) is 0 Å². The molecule has 0 fully saturated rings. The van der Waals surface area contributed by atoms with E-state index < -0.39 is 16.1 Å². The first-order valence-corrected chi connectivity index (χ1v) is 9.92. The summed E-state index contributed by atoms with van der Waals surface area (Å²) in [7, 11) is -2.06. The summed E-state index contributed by atoms with van der Waals surface area (Å²) in [5.41, 5.74) is 0.942. The predicted molar refractivity (Wildman–Crippen MR) is 93.7 cm³/mol. The van der Waals surface area contributed by atoms with Gasteiger partial charge in [-0.3, -0.25) is 0 Å². The molecule has 0 amide bonds. The highest BCUT2D eigenvalue weighted by Crippen LogP contribution is 2.28. The average Bonchev–Trinajstić information content (AvgIpc) is 3.15. The van der Waals surface area contributed by atoms with Crippen LogP contribution in [-0.4, -0.2) is 27.2 Å². The van der Waals surface area contributed by atoms with Gasteiger partial charge in [0.15, 0.2) is 5.58 Å². The van der Waals surface area contributed by atoms with Gasteiger partial charge in [-0.2, -0.15) is 0 Å². The first kappa shape index (κ1) is 17.4. The molecule has 0 spiro atoms. The van der Waals surface area contributed by atoms with Gasteiger partial charge in [0.25, 0.3) is 0 Å². The summed E-state index contributed by atoms with van der Waals surface area (Å²) in [6.07, 6.45) is -0.397. The number of sulfonamides is 1. The van der Waals surface area contributed by atoms with Crippen LogP contribution in [0.4, 0.5) is 0 Å². The molecule has 1 aromatic carbocycles. The summed E-state index contributed by atoms with van der Waals surface area (Å²) >= 11 is 7.26. The summed E-state index contributed by atoms with van der Waals surface area (Å²) in [5.74, 6) is -0.258. The SMILES string of the molecule is CO[C@@H](CNS(=O)(=O)Cc1noc2ccccc12)c1ccc(Cl)s1. The number of para-hydroxylation sites is 1. The molecular formula is C15H15ClN2O4S2. The Morgan fingerprint density at radius 3 is 2.83 bits per heavy atom. The molecule has 6 nitrogen and oxygen atoms in total. The molecule has 3 rings (SSSR count). The van der Waals surface area contributed by atoms with E-state index in [1.54, 1.807) is 24.3 Å². The van der Waals surface area contributed by atoms with Crippen LogP contribution in [0.1, 0.15) is 16.7 Å². The number of methoxy groups -OCH3 is 1. The Morgan fingerprint density at radius 2 is 2.12 bits per heavy atom. The van der Waals surface area contributed by atoms with Crippen molar-refractivity contribution in [2.75, 3.05) is 13.7 Å². The number of aromatic nitrogens is 1. The van der Waals surface area contributed by atoms with Gasteiger partial charge < -0.3 is 9.26 Å². The van der Waals surface area contributed by atoms with Crippen molar-refractivity contribution in [2.24, 2.45) is 0 Å². The van der Waals surface area contributed by atoms with Gasteiger partial charge in [-0.1, -0.05) is 28.9 Å². The fourth-order valence-electron chi connectivity index (χ4n) is 2.28. The maximum Gasteiger partial charge on any atom is 0.217 e. The van der Waals surface area contributed by atoms with Crippen molar-refractivity contribution in [3.8, 4) is 0 Å². The van der Waals surface area contributed by atoms with Gasteiger partial charge in [0.2, 0.25) is 10.0 Å². The lowest BCUT2D eigenvalue weighted by Crippen LogP contribution is -2.30. The number of rotatable bonds is 7. The molecular weight excluding hydrogens is 372 g/mol. The van der Waals surface area contributed by atoms with Crippen molar-refractivity contribution in [1.82, 2.24) is 9.88 Å². The number of hydrogen-bond acceptors (Lipinski definition) is 6. The highest BCUT2D eigenvalue weighted by atomic mass is 35.5. The van der Waals surface area contributed by atoms with Gasteiger partial charge >= 0.3 is 0 Å². The third kappa shape index (κ3) is 3.96. The molecule has 1 N–H and O–H groups in total. The van der Waals surface area contributed by atoms with E-state index in [4.69, 9.17) is 20.9 Å². The number of benzene rings is 1. The van der Waals surface area contributed by atoms with E-state index >= 15 is 0 Å². The quantitative estimate of drug-likeness (QED) is 0.673. The Morgan fingerprint density at radius 1 is 1.33 bits per heavy atom. The standard InChI is InChI=1S/C15H15ClN2O4S2/c1-21-13(14-6-7-15(16)23-14)8-17-24(19,20)9-11-10-4-2-3-5-12(10)22-18-11/h2-7,13,17H,8-9H2,1H3/t13-/m0/s1. The van der Waals surface area contributed by atoms with Crippen molar-refractivity contribution < 1.29 is 17.7 Å². The number of nitrogens with one attached hydrogen (secondary N) is 1. The van der Waals surface area contributed by atoms with E-state index in [2.05, 4.69) is 9.88 Å². The van der Waals surface area contributed by atoms with Gasteiger partial charge in [-0.25, -0.2) is 13.1 Å². The summed E-state index contributed by atoms with van der Waals surface area (Å²) in [6, 6.07) is 10.7. The van der Waals surface area contributed by atoms with Crippen molar-refractivity contribution in [3.63, 3.8) is 0 Å². The number of fused-ring (bicyclic) bond motifs is 1. The minimum atomic E-state index is -3.58. The molecule has 0 aliphatic heterocycles. The fourth-order valence-corrected chi connectivity index (χ4v) is 4.49. The van der Waals surface area contributed by atoms with E-state index in [1.807, 2.05) is 12.1 Å². The molecule has 128 valence electrons. The molecule has 9 heteroatoms. The number of halogens is 1. The van der Waals surface area contributed by atoms with Crippen LogP contribution in [-0.2, 0) is 20.5 Å².